The number of hydrogen-bond acceptors (Lipinski definition) is 3. The van der Waals surface area contributed by atoms with Gasteiger partial charge in [-0.1, -0.05) is 0 Å². The van der Waals surface area contributed by atoms with E-state index < -0.39 is 10.2 Å². The minimum absolute atomic E-state index is 0.206. The average Bonchev–Trinajstić information content (AvgIpc) is 3.18. The summed E-state index contributed by atoms with van der Waals surface area (Å²) in [7, 11) is -3.24. The molecule has 98 valence electrons. The highest BCUT2D eigenvalue weighted by molar-refractivity contribution is 7.87. The van der Waals surface area contributed by atoms with E-state index in [-0.39, 0.29) is 12.1 Å². The van der Waals surface area contributed by atoms with Crippen LogP contribution in [-0.2, 0) is 10.2 Å². The maximum atomic E-state index is 12.2. The Morgan fingerprint density at radius 1 is 1.18 bits per heavy atom. The van der Waals surface area contributed by atoms with Crippen molar-refractivity contribution >= 4 is 10.2 Å². The fourth-order valence-electron chi connectivity index (χ4n) is 2.42. The lowest BCUT2D eigenvalue weighted by Crippen LogP contribution is -2.48. The van der Waals surface area contributed by atoms with Crippen LogP contribution in [0.3, 0.4) is 0 Å². The van der Waals surface area contributed by atoms with Crippen LogP contribution < -0.4 is 10.0 Å². The van der Waals surface area contributed by atoms with Gasteiger partial charge >= 0.3 is 0 Å². The molecule has 0 spiro atoms. The lowest BCUT2D eigenvalue weighted by molar-refractivity contribution is 0.357. The van der Waals surface area contributed by atoms with Crippen LogP contribution in [0.1, 0.15) is 38.5 Å². The van der Waals surface area contributed by atoms with Crippen molar-refractivity contribution in [1.29, 1.82) is 0 Å². The van der Waals surface area contributed by atoms with Crippen LogP contribution in [0.2, 0.25) is 0 Å². The van der Waals surface area contributed by atoms with Gasteiger partial charge in [-0.05, 0) is 45.1 Å². The molecule has 0 aromatic heterocycles. The second-order valence-corrected chi connectivity index (χ2v) is 7.15. The average molecular weight is 259 g/mol. The van der Waals surface area contributed by atoms with Gasteiger partial charge in [0.05, 0.1) is 0 Å². The molecular formula is C11H21N3O2S. The van der Waals surface area contributed by atoms with Gasteiger partial charge in [0, 0.05) is 24.7 Å². The molecule has 2 aliphatic carbocycles. The van der Waals surface area contributed by atoms with E-state index in [0.29, 0.717) is 12.6 Å². The summed E-state index contributed by atoms with van der Waals surface area (Å²) in [5.74, 6) is 0. The van der Waals surface area contributed by atoms with Gasteiger partial charge in [0.15, 0.2) is 0 Å². The zero-order valence-electron chi connectivity index (χ0n) is 10.1. The van der Waals surface area contributed by atoms with Crippen molar-refractivity contribution < 1.29 is 8.42 Å². The number of rotatable bonds is 6. The third-order valence-electron chi connectivity index (χ3n) is 3.72. The lowest BCUT2D eigenvalue weighted by Gasteiger charge is -2.25. The molecule has 6 heteroatoms. The Balaban J connectivity index is 1.65. The van der Waals surface area contributed by atoms with Gasteiger partial charge in [-0.3, -0.25) is 0 Å². The second-order valence-electron chi connectivity index (χ2n) is 5.49. The molecule has 0 aromatic rings. The van der Waals surface area contributed by atoms with E-state index in [0.717, 1.165) is 38.6 Å². The van der Waals surface area contributed by atoms with Gasteiger partial charge in [-0.25, -0.2) is 0 Å². The monoisotopic (exact) mass is 259 g/mol. The van der Waals surface area contributed by atoms with Crippen LogP contribution in [0.5, 0.6) is 0 Å². The maximum absolute atomic E-state index is 12.2. The molecule has 5 nitrogen and oxygen atoms in total. The standard InChI is InChI=1S/C11H21N3O2S/c15-17(16,13-9-3-4-9)14(11-5-6-11)8-10-2-1-7-12-10/h9-13H,1-8H2. The normalized spacial score (nSPS) is 30.1. The first kappa shape index (κ1) is 11.9. The molecule has 2 saturated carbocycles. The second kappa shape index (κ2) is 4.50. The molecule has 1 heterocycles. The molecule has 1 atom stereocenters. The molecule has 1 aliphatic heterocycles. The third-order valence-corrected chi connectivity index (χ3v) is 5.41. The van der Waals surface area contributed by atoms with Crippen molar-refractivity contribution in [2.75, 3.05) is 13.1 Å². The summed E-state index contributed by atoms with van der Waals surface area (Å²) in [5, 5.41) is 3.38. The summed E-state index contributed by atoms with van der Waals surface area (Å²) in [6, 6.07) is 0.817. The summed E-state index contributed by atoms with van der Waals surface area (Å²) in [6.07, 6.45) is 6.32. The van der Waals surface area contributed by atoms with Crippen LogP contribution in [0.4, 0.5) is 0 Å². The van der Waals surface area contributed by atoms with Crippen LogP contribution in [-0.4, -0.2) is 43.9 Å². The van der Waals surface area contributed by atoms with Crippen molar-refractivity contribution in [1.82, 2.24) is 14.3 Å². The fraction of sp³-hybridized carbons (Fsp3) is 1.00. The molecule has 0 bridgehead atoms. The first-order chi connectivity index (χ1) is 8.15. The van der Waals surface area contributed by atoms with Gasteiger partial charge in [0.1, 0.15) is 0 Å². The van der Waals surface area contributed by atoms with Gasteiger partial charge in [0.25, 0.3) is 10.2 Å². The Kier molecular flexibility index (Phi) is 3.15. The molecule has 2 N–H and O–H groups in total. The van der Waals surface area contributed by atoms with E-state index in [9.17, 15) is 8.42 Å². The Hall–Kier alpha value is -0.170. The largest absolute Gasteiger partial charge is 0.313 e. The van der Waals surface area contributed by atoms with E-state index in [1.54, 1.807) is 4.31 Å². The van der Waals surface area contributed by atoms with Crippen LogP contribution >= 0.6 is 0 Å². The van der Waals surface area contributed by atoms with Crippen LogP contribution in [0, 0.1) is 0 Å². The summed E-state index contributed by atoms with van der Waals surface area (Å²) >= 11 is 0. The Morgan fingerprint density at radius 2 is 1.94 bits per heavy atom. The van der Waals surface area contributed by atoms with Gasteiger partial charge in [-0.2, -0.15) is 17.4 Å². The quantitative estimate of drug-likeness (QED) is 0.716. The molecular weight excluding hydrogens is 238 g/mol. The van der Waals surface area contributed by atoms with E-state index in [4.69, 9.17) is 0 Å². The predicted octanol–water partition coefficient (Wildman–Crippen LogP) is 0.200. The van der Waals surface area contributed by atoms with Crippen LogP contribution in [0.15, 0.2) is 0 Å². The van der Waals surface area contributed by atoms with E-state index in [2.05, 4.69) is 10.0 Å². The number of nitrogens with zero attached hydrogens (tertiary/aromatic N) is 1. The van der Waals surface area contributed by atoms with E-state index >= 15 is 0 Å². The third kappa shape index (κ3) is 2.99. The van der Waals surface area contributed by atoms with Gasteiger partial charge in [0.2, 0.25) is 0 Å². The summed E-state index contributed by atoms with van der Waals surface area (Å²) in [6.45, 7) is 1.67. The highest BCUT2D eigenvalue weighted by atomic mass is 32.2. The van der Waals surface area contributed by atoms with E-state index in [1.807, 2.05) is 0 Å². The van der Waals surface area contributed by atoms with Crippen molar-refractivity contribution in [2.24, 2.45) is 0 Å². The zero-order chi connectivity index (χ0) is 11.9. The SMILES string of the molecule is O=S(=O)(NC1CC1)N(CC1CCCN1)C1CC1. The minimum Gasteiger partial charge on any atom is -0.313 e. The summed E-state index contributed by atoms with van der Waals surface area (Å²) in [4.78, 5) is 0. The zero-order valence-corrected chi connectivity index (χ0v) is 10.9. The molecule has 0 amide bonds. The number of hydrogen-bond donors (Lipinski definition) is 2. The van der Waals surface area contributed by atoms with E-state index in [1.165, 1.54) is 6.42 Å². The highest BCUT2D eigenvalue weighted by Crippen LogP contribution is 2.31. The molecule has 3 aliphatic rings. The number of nitrogens with one attached hydrogen (secondary N) is 2. The summed E-state index contributed by atoms with van der Waals surface area (Å²) in [5.41, 5.74) is 0. The first-order valence-electron chi connectivity index (χ1n) is 6.67. The lowest BCUT2D eigenvalue weighted by atomic mass is 10.2. The summed E-state index contributed by atoms with van der Waals surface area (Å²) < 4.78 is 29.0. The molecule has 1 saturated heterocycles. The van der Waals surface area contributed by atoms with Gasteiger partial charge < -0.3 is 5.32 Å². The van der Waals surface area contributed by atoms with Crippen molar-refractivity contribution in [3.05, 3.63) is 0 Å². The Morgan fingerprint density at radius 3 is 2.47 bits per heavy atom. The van der Waals surface area contributed by atoms with Gasteiger partial charge in [-0.15, -0.1) is 0 Å². The molecule has 3 fully saturated rings. The minimum atomic E-state index is -3.24. The Bertz CT molecular complexity index is 370. The first-order valence-corrected chi connectivity index (χ1v) is 8.11. The smallest absolute Gasteiger partial charge is 0.280 e. The topological polar surface area (TPSA) is 61.4 Å². The maximum Gasteiger partial charge on any atom is 0.280 e. The molecule has 0 radical (unpaired) electrons. The molecule has 3 rings (SSSR count). The van der Waals surface area contributed by atoms with Crippen LogP contribution in [0.25, 0.3) is 0 Å². The molecule has 1 unspecified atom stereocenters. The Labute approximate surface area is 103 Å². The highest BCUT2D eigenvalue weighted by Gasteiger charge is 2.40. The van der Waals surface area contributed by atoms with Crippen molar-refractivity contribution in [2.45, 2.75) is 56.7 Å². The molecule has 17 heavy (non-hydrogen) atoms. The predicted molar refractivity (Wildman–Crippen MR) is 65.8 cm³/mol. The molecule has 0 aromatic carbocycles. The van der Waals surface area contributed by atoms with Crippen molar-refractivity contribution in [3.63, 3.8) is 0 Å². The fourth-order valence-corrected chi connectivity index (χ4v) is 4.19. The van der Waals surface area contributed by atoms with Crippen molar-refractivity contribution in [3.8, 4) is 0 Å².